The van der Waals surface area contributed by atoms with Crippen molar-refractivity contribution in [2.75, 3.05) is 37.7 Å². The largest absolute Gasteiger partial charge is 0.461 e. The summed E-state index contributed by atoms with van der Waals surface area (Å²) < 4.78 is 20.6. The van der Waals surface area contributed by atoms with Crippen LogP contribution >= 0.6 is 0 Å². The van der Waals surface area contributed by atoms with E-state index < -0.39 is 5.97 Å². The molecule has 1 amide bonds. The third-order valence-electron chi connectivity index (χ3n) is 6.40. The minimum absolute atomic E-state index is 0.0586. The van der Waals surface area contributed by atoms with Gasteiger partial charge in [-0.1, -0.05) is 32.0 Å². The number of amides is 1. The van der Waals surface area contributed by atoms with Crippen LogP contribution in [0.2, 0.25) is 0 Å². The first-order valence-corrected chi connectivity index (χ1v) is 12.1. The maximum Gasteiger partial charge on any atom is 0.358 e. The fourth-order valence-electron chi connectivity index (χ4n) is 4.21. The van der Waals surface area contributed by atoms with E-state index in [-0.39, 0.29) is 29.9 Å². The first-order valence-electron chi connectivity index (χ1n) is 12.1. The molecule has 0 bridgehead atoms. The Morgan fingerprint density at radius 2 is 1.71 bits per heavy atom. The Kier molecular flexibility index (Phi) is 7.48. The Balaban J connectivity index is 1.56. The van der Waals surface area contributed by atoms with Crippen LogP contribution in [0.5, 0.6) is 0 Å². The van der Waals surface area contributed by atoms with Gasteiger partial charge in [-0.3, -0.25) is 4.79 Å². The summed E-state index contributed by atoms with van der Waals surface area (Å²) in [5, 5.41) is 4.40. The van der Waals surface area contributed by atoms with Gasteiger partial charge in [0.1, 0.15) is 5.82 Å². The molecule has 1 aromatic heterocycles. The molecule has 0 radical (unpaired) electrons. The molecule has 35 heavy (non-hydrogen) atoms. The topological polar surface area (TPSA) is 67.7 Å². The summed E-state index contributed by atoms with van der Waals surface area (Å²) in [6.07, 6.45) is 0.852. The smallest absolute Gasteiger partial charge is 0.358 e. The van der Waals surface area contributed by atoms with Crippen molar-refractivity contribution in [3.8, 4) is 16.9 Å². The lowest BCUT2D eigenvalue weighted by Gasteiger charge is -2.37. The second-order valence-electron chi connectivity index (χ2n) is 8.70. The number of rotatable bonds is 7. The first kappa shape index (κ1) is 24.4. The summed E-state index contributed by atoms with van der Waals surface area (Å²) in [5.74, 6) is -0.623. The fraction of sp³-hybridized carbons (Fsp3) is 0.370. The van der Waals surface area contributed by atoms with Gasteiger partial charge in [-0.15, -0.1) is 0 Å². The van der Waals surface area contributed by atoms with Crippen molar-refractivity contribution >= 4 is 17.6 Å². The van der Waals surface area contributed by atoms with Crippen LogP contribution in [0, 0.1) is 11.7 Å². The van der Waals surface area contributed by atoms with E-state index in [1.807, 2.05) is 43.0 Å². The molecular weight excluding hydrogens is 447 g/mol. The molecule has 7 nitrogen and oxygen atoms in total. The molecule has 2 heterocycles. The molecular formula is C27H31FN4O3. The summed E-state index contributed by atoms with van der Waals surface area (Å²) in [5.41, 5.74) is 3.24. The summed E-state index contributed by atoms with van der Waals surface area (Å²) in [4.78, 5) is 29.0. The zero-order valence-corrected chi connectivity index (χ0v) is 20.4. The SMILES string of the molecule is CCOC(=O)c1cc(-c2ccc(N3CCN(C(=O)[C@H](C)CC)CC3)cc2)n(-c2cccc(F)c2)n1. The van der Waals surface area contributed by atoms with E-state index in [4.69, 9.17) is 4.74 Å². The summed E-state index contributed by atoms with van der Waals surface area (Å²) in [6, 6.07) is 15.7. The van der Waals surface area contributed by atoms with Crippen molar-refractivity contribution in [3.63, 3.8) is 0 Å². The standard InChI is InChI=1S/C27H31FN4O3/c1-4-19(3)26(33)31-15-13-30(14-16-31)22-11-9-20(10-12-22)25-18-24(27(34)35-5-2)29-32(25)23-8-6-7-21(28)17-23/h6-12,17-19H,4-5,13-16H2,1-3H3/t19-/m1/s1. The third-order valence-corrected chi connectivity index (χ3v) is 6.40. The molecule has 1 aliphatic rings. The maximum atomic E-state index is 13.9. The molecule has 1 atom stereocenters. The van der Waals surface area contributed by atoms with Gasteiger partial charge in [-0.25, -0.2) is 13.9 Å². The zero-order chi connectivity index (χ0) is 24.9. The molecule has 0 spiro atoms. The molecule has 1 aliphatic heterocycles. The Hall–Kier alpha value is -3.68. The predicted molar refractivity (Wildman–Crippen MR) is 133 cm³/mol. The molecule has 1 fully saturated rings. The Morgan fingerprint density at radius 1 is 1.00 bits per heavy atom. The number of anilines is 1. The molecule has 8 heteroatoms. The van der Waals surface area contributed by atoms with Crippen molar-refractivity contribution in [2.24, 2.45) is 5.92 Å². The molecule has 0 aliphatic carbocycles. The minimum Gasteiger partial charge on any atom is -0.461 e. The predicted octanol–water partition coefficient (Wildman–Crippen LogP) is 4.55. The first-order chi connectivity index (χ1) is 16.9. The van der Waals surface area contributed by atoms with Crippen LogP contribution in [0.4, 0.5) is 10.1 Å². The van der Waals surface area contributed by atoms with E-state index in [1.54, 1.807) is 29.8 Å². The lowest BCUT2D eigenvalue weighted by Crippen LogP contribution is -2.50. The van der Waals surface area contributed by atoms with E-state index in [9.17, 15) is 14.0 Å². The number of nitrogens with zero attached hydrogens (tertiary/aromatic N) is 4. The quantitative estimate of drug-likeness (QED) is 0.466. The normalized spacial score (nSPS) is 14.6. The molecule has 2 aromatic carbocycles. The highest BCUT2D eigenvalue weighted by atomic mass is 19.1. The van der Waals surface area contributed by atoms with Crippen LogP contribution in [0.25, 0.3) is 16.9 Å². The highest BCUT2D eigenvalue weighted by Gasteiger charge is 2.24. The number of halogens is 1. The second kappa shape index (κ2) is 10.7. The average molecular weight is 479 g/mol. The second-order valence-corrected chi connectivity index (χ2v) is 8.70. The fourth-order valence-corrected chi connectivity index (χ4v) is 4.21. The number of hydrogen-bond acceptors (Lipinski definition) is 5. The van der Waals surface area contributed by atoms with Gasteiger partial charge in [0.05, 0.1) is 18.0 Å². The van der Waals surface area contributed by atoms with Crippen LogP contribution in [0.3, 0.4) is 0 Å². The van der Waals surface area contributed by atoms with Gasteiger partial charge >= 0.3 is 5.97 Å². The van der Waals surface area contributed by atoms with Crippen LogP contribution in [0.1, 0.15) is 37.7 Å². The molecule has 1 saturated heterocycles. The number of piperazine rings is 1. The van der Waals surface area contributed by atoms with Crippen molar-refractivity contribution in [2.45, 2.75) is 27.2 Å². The molecule has 4 rings (SSSR count). The van der Waals surface area contributed by atoms with Gasteiger partial charge in [0.15, 0.2) is 5.69 Å². The number of benzene rings is 2. The van der Waals surface area contributed by atoms with Gasteiger partial charge in [-0.05, 0) is 49.7 Å². The lowest BCUT2D eigenvalue weighted by atomic mass is 10.1. The zero-order valence-electron chi connectivity index (χ0n) is 20.4. The van der Waals surface area contributed by atoms with E-state index in [0.717, 1.165) is 30.8 Å². The van der Waals surface area contributed by atoms with E-state index in [2.05, 4.69) is 10.00 Å². The lowest BCUT2D eigenvalue weighted by molar-refractivity contribution is -0.135. The van der Waals surface area contributed by atoms with Crippen LogP contribution < -0.4 is 4.90 Å². The number of ether oxygens (including phenoxy) is 1. The Bertz CT molecular complexity index is 1180. The molecule has 3 aromatic rings. The monoisotopic (exact) mass is 478 g/mol. The van der Waals surface area contributed by atoms with Gasteiger partial charge in [-0.2, -0.15) is 5.10 Å². The number of aromatic nitrogens is 2. The van der Waals surface area contributed by atoms with Crippen LogP contribution in [-0.2, 0) is 9.53 Å². The maximum absolute atomic E-state index is 13.9. The van der Waals surface area contributed by atoms with Crippen molar-refractivity contribution in [1.82, 2.24) is 14.7 Å². The van der Waals surface area contributed by atoms with Gasteiger partial charge in [0.25, 0.3) is 0 Å². The Labute approximate surface area is 205 Å². The van der Waals surface area contributed by atoms with E-state index in [0.29, 0.717) is 24.5 Å². The van der Waals surface area contributed by atoms with Crippen molar-refractivity contribution in [1.29, 1.82) is 0 Å². The Morgan fingerprint density at radius 3 is 2.34 bits per heavy atom. The summed E-state index contributed by atoms with van der Waals surface area (Å²) in [7, 11) is 0. The number of esters is 1. The summed E-state index contributed by atoms with van der Waals surface area (Å²) in [6.45, 7) is 8.96. The molecule has 0 unspecified atom stereocenters. The van der Waals surface area contributed by atoms with Crippen LogP contribution in [0.15, 0.2) is 54.6 Å². The highest BCUT2D eigenvalue weighted by molar-refractivity contribution is 5.89. The minimum atomic E-state index is -0.523. The third kappa shape index (κ3) is 5.37. The number of carbonyl (C=O) groups excluding carboxylic acids is 2. The number of hydrogen-bond donors (Lipinski definition) is 0. The molecule has 184 valence electrons. The molecule has 0 N–H and O–H groups in total. The molecule has 0 saturated carbocycles. The van der Waals surface area contributed by atoms with Gasteiger partial charge in [0.2, 0.25) is 5.91 Å². The average Bonchev–Trinajstić information content (AvgIpc) is 3.34. The number of carbonyl (C=O) groups is 2. The highest BCUT2D eigenvalue weighted by Crippen LogP contribution is 2.28. The van der Waals surface area contributed by atoms with Crippen molar-refractivity contribution in [3.05, 3.63) is 66.1 Å². The van der Waals surface area contributed by atoms with Crippen LogP contribution in [-0.4, -0.2) is 59.3 Å². The van der Waals surface area contributed by atoms with E-state index in [1.165, 1.54) is 12.1 Å². The van der Waals surface area contributed by atoms with Gasteiger partial charge < -0.3 is 14.5 Å². The van der Waals surface area contributed by atoms with Gasteiger partial charge in [0, 0.05) is 43.3 Å². The van der Waals surface area contributed by atoms with E-state index >= 15 is 0 Å². The summed E-state index contributed by atoms with van der Waals surface area (Å²) >= 11 is 0. The van der Waals surface area contributed by atoms with Crippen molar-refractivity contribution < 1.29 is 18.7 Å².